The lowest BCUT2D eigenvalue weighted by atomic mass is 9.94. The summed E-state index contributed by atoms with van der Waals surface area (Å²) >= 11 is 0. The Kier molecular flexibility index (Phi) is 3.54. The van der Waals surface area contributed by atoms with Gasteiger partial charge < -0.3 is 10.0 Å². The minimum Gasteiger partial charge on any atom is -0.388 e. The number of nitrogens with one attached hydrogen (secondary N) is 1. The Morgan fingerprint density at radius 1 is 1.36 bits per heavy atom. The molecule has 1 aromatic heterocycles. The van der Waals surface area contributed by atoms with Crippen LogP contribution in [-0.2, 0) is 0 Å². The Hall–Kier alpha value is -2.15. The molecule has 1 aliphatic carbocycles. The molecule has 2 aromatic rings. The molecule has 1 aromatic carbocycles. The van der Waals surface area contributed by atoms with Crippen molar-refractivity contribution in [2.24, 2.45) is 0 Å². The first-order valence-corrected chi connectivity index (χ1v) is 8.73. The van der Waals surface area contributed by atoms with Gasteiger partial charge >= 0.3 is 5.69 Å². The average molecular weight is 347 g/mol. The van der Waals surface area contributed by atoms with Crippen LogP contribution in [0.2, 0.25) is 0 Å². The summed E-state index contributed by atoms with van der Waals surface area (Å²) < 4.78 is 16.5. The summed E-state index contributed by atoms with van der Waals surface area (Å²) in [5.74, 6) is -0.491. The number of β-amino-alcohol motifs (C(OH)–C–C–N with tert-alkyl or cyclic N) is 1. The van der Waals surface area contributed by atoms with E-state index in [2.05, 4.69) is 4.98 Å². The number of H-pyrrole nitrogens is 1. The molecule has 0 spiro atoms. The highest BCUT2D eigenvalue weighted by Gasteiger charge is 2.33. The van der Waals surface area contributed by atoms with Gasteiger partial charge in [-0.3, -0.25) is 14.3 Å². The second-order valence-corrected chi connectivity index (χ2v) is 7.61. The molecule has 2 aliphatic rings. The lowest BCUT2D eigenvalue weighted by Crippen LogP contribution is -2.46. The van der Waals surface area contributed by atoms with Crippen LogP contribution >= 0.6 is 0 Å². The highest BCUT2D eigenvalue weighted by atomic mass is 19.1. The molecule has 6 nitrogen and oxygen atoms in total. The molecule has 4 rings (SSSR count). The highest BCUT2D eigenvalue weighted by Crippen LogP contribution is 2.39. The number of piperidine rings is 1. The molecule has 2 N–H and O–H groups in total. The second-order valence-electron chi connectivity index (χ2n) is 7.61. The summed E-state index contributed by atoms with van der Waals surface area (Å²) in [5.41, 5.74) is -0.397. The van der Waals surface area contributed by atoms with Crippen molar-refractivity contribution in [1.82, 2.24) is 9.55 Å². The van der Waals surface area contributed by atoms with Crippen LogP contribution in [0, 0.1) is 12.7 Å². The van der Waals surface area contributed by atoms with E-state index < -0.39 is 22.7 Å². The fraction of sp³-hybridized carbons (Fsp3) is 0.556. The molecule has 2 heterocycles. The van der Waals surface area contributed by atoms with Crippen LogP contribution < -0.4 is 16.1 Å². The minimum absolute atomic E-state index is 0.0633. The van der Waals surface area contributed by atoms with E-state index in [4.69, 9.17) is 0 Å². The Bertz CT molecular complexity index is 972. The number of aromatic nitrogens is 2. The summed E-state index contributed by atoms with van der Waals surface area (Å²) in [7, 11) is 0. The number of hydrogen-bond donors (Lipinski definition) is 2. The summed E-state index contributed by atoms with van der Waals surface area (Å²) in [5, 5.41) is 10.6. The van der Waals surface area contributed by atoms with Gasteiger partial charge in [0.15, 0.2) is 0 Å². The standard InChI is InChI=1S/C18H22FN3O3/c1-10-14-12(16(23)20-17(24)22(14)11-4-5-11)8-13(19)15(10)21-7-3-6-18(2,25)9-21/h8,11,25H,3-7,9H2,1-2H3,(H,20,23,24). The summed E-state index contributed by atoms with van der Waals surface area (Å²) in [4.78, 5) is 28.7. The van der Waals surface area contributed by atoms with Crippen molar-refractivity contribution in [2.45, 2.75) is 51.2 Å². The van der Waals surface area contributed by atoms with Crippen LogP contribution in [0.15, 0.2) is 15.7 Å². The van der Waals surface area contributed by atoms with E-state index in [1.165, 1.54) is 6.07 Å². The molecule has 1 atom stereocenters. The first-order chi connectivity index (χ1) is 11.8. The van der Waals surface area contributed by atoms with Crippen molar-refractivity contribution in [3.8, 4) is 0 Å². The third kappa shape index (κ3) is 2.66. The molecule has 25 heavy (non-hydrogen) atoms. The lowest BCUT2D eigenvalue weighted by Gasteiger charge is -2.39. The Morgan fingerprint density at radius 3 is 2.72 bits per heavy atom. The third-order valence-corrected chi connectivity index (χ3v) is 5.29. The van der Waals surface area contributed by atoms with Crippen LogP contribution in [0.4, 0.5) is 10.1 Å². The van der Waals surface area contributed by atoms with Crippen LogP contribution in [0.3, 0.4) is 0 Å². The van der Waals surface area contributed by atoms with Crippen molar-refractivity contribution in [3.05, 3.63) is 38.3 Å². The fourth-order valence-electron chi connectivity index (χ4n) is 4.05. The number of benzene rings is 1. The van der Waals surface area contributed by atoms with E-state index in [9.17, 15) is 19.1 Å². The van der Waals surface area contributed by atoms with E-state index in [-0.39, 0.29) is 11.4 Å². The van der Waals surface area contributed by atoms with Crippen molar-refractivity contribution < 1.29 is 9.50 Å². The third-order valence-electron chi connectivity index (χ3n) is 5.29. The summed E-state index contributed by atoms with van der Waals surface area (Å²) in [6.45, 7) is 4.46. The quantitative estimate of drug-likeness (QED) is 0.869. The molecular formula is C18H22FN3O3. The van der Waals surface area contributed by atoms with Gasteiger partial charge in [-0.15, -0.1) is 0 Å². The number of aryl methyl sites for hydroxylation is 1. The molecule has 0 radical (unpaired) electrons. The monoisotopic (exact) mass is 347 g/mol. The normalized spacial score (nSPS) is 24.1. The predicted molar refractivity (Wildman–Crippen MR) is 93.9 cm³/mol. The van der Waals surface area contributed by atoms with Crippen molar-refractivity contribution >= 4 is 16.6 Å². The average Bonchev–Trinajstić information content (AvgIpc) is 3.32. The summed E-state index contributed by atoms with van der Waals surface area (Å²) in [6, 6.07) is 1.28. The second kappa shape index (κ2) is 5.42. The van der Waals surface area contributed by atoms with Crippen LogP contribution in [0.25, 0.3) is 10.9 Å². The Labute approximate surface area is 143 Å². The van der Waals surface area contributed by atoms with E-state index in [0.717, 1.165) is 19.3 Å². The Morgan fingerprint density at radius 2 is 2.08 bits per heavy atom. The molecule has 1 saturated carbocycles. The molecule has 0 amide bonds. The zero-order valence-corrected chi connectivity index (χ0v) is 14.4. The lowest BCUT2D eigenvalue weighted by molar-refractivity contribution is 0.0447. The zero-order valence-electron chi connectivity index (χ0n) is 14.4. The highest BCUT2D eigenvalue weighted by molar-refractivity contribution is 5.87. The van der Waals surface area contributed by atoms with Crippen molar-refractivity contribution in [3.63, 3.8) is 0 Å². The maximum absolute atomic E-state index is 14.9. The molecule has 134 valence electrons. The number of anilines is 1. The van der Waals surface area contributed by atoms with Crippen molar-refractivity contribution in [2.75, 3.05) is 18.0 Å². The molecule has 0 bridgehead atoms. The van der Waals surface area contributed by atoms with Crippen LogP contribution in [-0.4, -0.2) is 33.3 Å². The number of aliphatic hydroxyl groups is 1. The van der Waals surface area contributed by atoms with E-state index >= 15 is 0 Å². The largest absolute Gasteiger partial charge is 0.388 e. The molecule has 1 aliphatic heterocycles. The number of nitrogens with zero attached hydrogens (tertiary/aromatic N) is 2. The molecule has 1 unspecified atom stereocenters. The van der Waals surface area contributed by atoms with Gasteiger partial charge in [0.1, 0.15) is 5.82 Å². The molecule has 2 fully saturated rings. The van der Waals surface area contributed by atoms with Crippen LogP contribution in [0.1, 0.15) is 44.2 Å². The number of hydrogen-bond acceptors (Lipinski definition) is 4. The number of rotatable bonds is 2. The van der Waals surface area contributed by atoms with Gasteiger partial charge in [0, 0.05) is 24.7 Å². The maximum atomic E-state index is 14.9. The SMILES string of the molecule is Cc1c(N2CCCC(C)(O)C2)c(F)cc2c(=O)[nH]c(=O)n(C3CC3)c12. The van der Waals surface area contributed by atoms with E-state index in [0.29, 0.717) is 36.3 Å². The number of halogens is 1. The summed E-state index contributed by atoms with van der Waals surface area (Å²) in [6.07, 6.45) is 3.19. The first-order valence-electron chi connectivity index (χ1n) is 8.73. The zero-order chi connectivity index (χ0) is 17.9. The van der Waals surface area contributed by atoms with Crippen molar-refractivity contribution in [1.29, 1.82) is 0 Å². The smallest absolute Gasteiger partial charge is 0.329 e. The fourth-order valence-corrected chi connectivity index (χ4v) is 4.05. The van der Waals surface area contributed by atoms with Gasteiger partial charge in [-0.2, -0.15) is 0 Å². The van der Waals surface area contributed by atoms with Gasteiger partial charge in [0.2, 0.25) is 0 Å². The maximum Gasteiger partial charge on any atom is 0.329 e. The first kappa shape index (κ1) is 16.3. The molecule has 7 heteroatoms. The van der Waals surface area contributed by atoms with Gasteiger partial charge in [0.05, 0.1) is 22.2 Å². The minimum atomic E-state index is -0.879. The van der Waals surface area contributed by atoms with Crippen LogP contribution in [0.5, 0.6) is 0 Å². The topological polar surface area (TPSA) is 78.3 Å². The van der Waals surface area contributed by atoms with E-state index in [1.54, 1.807) is 18.4 Å². The van der Waals surface area contributed by atoms with Gasteiger partial charge in [-0.1, -0.05) is 0 Å². The Balaban J connectivity index is 1.99. The number of aromatic amines is 1. The van der Waals surface area contributed by atoms with Gasteiger partial charge in [-0.25, -0.2) is 9.18 Å². The molecular weight excluding hydrogens is 325 g/mol. The number of fused-ring (bicyclic) bond motifs is 1. The molecule has 1 saturated heterocycles. The van der Waals surface area contributed by atoms with E-state index in [1.807, 2.05) is 4.90 Å². The van der Waals surface area contributed by atoms with Gasteiger partial charge in [0.25, 0.3) is 5.56 Å². The predicted octanol–water partition coefficient (Wildman–Crippen LogP) is 1.82. The van der Waals surface area contributed by atoms with Gasteiger partial charge in [-0.05, 0) is 45.6 Å².